The van der Waals surface area contributed by atoms with Gasteiger partial charge in [-0.2, -0.15) is 0 Å². The highest BCUT2D eigenvalue weighted by atomic mass is 127. The van der Waals surface area contributed by atoms with Crippen molar-refractivity contribution >= 4 is 38.5 Å². The lowest BCUT2D eigenvalue weighted by atomic mass is 9.87. The second-order valence-corrected chi connectivity index (χ2v) is 7.13. The molecule has 1 unspecified atom stereocenters. The topological polar surface area (TPSA) is 21.3 Å². The lowest BCUT2D eigenvalue weighted by molar-refractivity contribution is 0.0535. The molecule has 0 aliphatic carbocycles. The van der Waals surface area contributed by atoms with Gasteiger partial charge >= 0.3 is 0 Å². The Morgan fingerprint density at radius 1 is 1.42 bits per heavy atom. The summed E-state index contributed by atoms with van der Waals surface area (Å²) in [6.45, 7) is 5.10. The lowest BCUT2D eigenvalue weighted by Gasteiger charge is -2.32. The van der Waals surface area contributed by atoms with Crippen LogP contribution in [0.5, 0.6) is 0 Å². The van der Waals surface area contributed by atoms with Crippen molar-refractivity contribution in [2.75, 3.05) is 19.8 Å². The highest BCUT2D eigenvalue weighted by Gasteiger charge is 2.26. The molecule has 0 radical (unpaired) electrons. The van der Waals surface area contributed by atoms with Crippen LogP contribution < -0.4 is 5.32 Å². The van der Waals surface area contributed by atoms with Crippen LogP contribution in [0.2, 0.25) is 0 Å². The molecule has 1 atom stereocenters. The first-order valence-electron chi connectivity index (χ1n) is 6.98. The van der Waals surface area contributed by atoms with Crippen molar-refractivity contribution in [1.29, 1.82) is 0 Å². The molecule has 0 aromatic heterocycles. The quantitative estimate of drug-likeness (QED) is 0.683. The summed E-state index contributed by atoms with van der Waals surface area (Å²) in [5.74, 6) is 0.683. The molecule has 4 heteroatoms. The Kier molecular flexibility index (Phi) is 6.59. The summed E-state index contributed by atoms with van der Waals surface area (Å²) in [7, 11) is 0. The Balaban J connectivity index is 2.22. The fourth-order valence-corrected chi connectivity index (χ4v) is 3.68. The van der Waals surface area contributed by atoms with Gasteiger partial charge in [0.05, 0.1) is 0 Å². The van der Waals surface area contributed by atoms with Gasteiger partial charge in [0.15, 0.2) is 0 Å². The van der Waals surface area contributed by atoms with Gasteiger partial charge < -0.3 is 10.1 Å². The zero-order valence-corrected chi connectivity index (χ0v) is 15.0. The van der Waals surface area contributed by atoms with Crippen LogP contribution in [0.1, 0.15) is 37.8 Å². The number of nitrogens with one attached hydrogen (secondary N) is 1. The minimum Gasteiger partial charge on any atom is -0.381 e. The Morgan fingerprint density at radius 3 is 2.84 bits per heavy atom. The van der Waals surface area contributed by atoms with E-state index in [-0.39, 0.29) is 0 Å². The van der Waals surface area contributed by atoms with Crippen LogP contribution in [-0.4, -0.2) is 19.8 Å². The lowest BCUT2D eigenvalue weighted by Crippen LogP contribution is -2.33. The first kappa shape index (κ1) is 15.7. The third-order valence-corrected chi connectivity index (χ3v) is 5.12. The molecule has 0 amide bonds. The molecule has 2 rings (SSSR count). The van der Waals surface area contributed by atoms with Crippen LogP contribution in [0.4, 0.5) is 0 Å². The Hall–Kier alpha value is 0.350. The fraction of sp³-hybridized carbons (Fsp3) is 0.600. The third kappa shape index (κ3) is 4.41. The number of ether oxygens (including phenoxy) is 1. The molecule has 1 heterocycles. The van der Waals surface area contributed by atoms with Crippen LogP contribution in [0.25, 0.3) is 0 Å². The highest BCUT2D eigenvalue weighted by Crippen LogP contribution is 2.34. The molecule has 1 N–H and O–H groups in total. The summed E-state index contributed by atoms with van der Waals surface area (Å²) in [4.78, 5) is 0. The predicted octanol–water partition coefficient (Wildman–Crippen LogP) is 4.52. The van der Waals surface area contributed by atoms with Gasteiger partial charge in [-0.1, -0.05) is 22.9 Å². The van der Waals surface area contributed by atoms with E-state index in [9.17, 15) is 0 Å². The van der Waals surface area contributed by atoms with Gasteiger partial charge in [0, 0.05) is 27.3 Å². The molecular weight excluding hydrogens is 417 g/mol. The van der Waals surface area contributed by atoms with Crippen molar-refractivity contribution in [3.05, 3.63) is 31.8 Å². The van der Waals surface area contributed by atoms with Crippen molar-refractivity contribution in [2.45, 2.75) is 32.2 Å². The number of rotatable bonds is 5. The molecule has 1 fully saturated rings. The molecule has 1 aliphatic heterocycles. The maximum Gasteiger partial charge on any atom is 0.0469 e. The maximum absolute atomic E-state index is 5.51. The molecule has 2 nitrogen and oxygen atoms in total. The minimum atomic E-state index is 0.452. The summed E-state index contributed by atoms with van der Waals surface area (Å²) in [5, 5.41) is 3.74. The molecule has 1 aliphatic rings. The molecule has 0 saturated carbocycles. The Bertz CT molecular complexity index is 407. The molecule has 1 saturated heterocycles. The van der Waals surface area contributed by atoms with E-state index in [2.05, 4.69) is 69.0 Å². The number of benzene rings is 1. The maximum atomic E-state index is 5.51. The van der Waals surface area contributed by atoms with Crippen molar-refractivity contribution in [2.24, 2.45) is 5.92 Å². The number of halogens is 2. The first-order valence-corrected chi connectivity index (χ1v) is 8.85. The Labute approximate surface area is 138 Å². The van der Waals surface area contributed by atoms with Crippen LogP contribution in [0.3, 0.4) is 0 Å². The summed E-state index contributed by atoms with van der Waals surface area (Å²) >= 11 is 6.05. The molecule has 0 spiro atoms. The van der Waals surface area contributed by atoms with E-state index in [0.29, 0.717) is 12.0 Å². The van der Waals surface area contributed by atoms with Gasteiger partial charge in [0.25, 0.3) is 0 Å². The third-order valence-electron chi connectivity index (χ3n) is 3.64. The zero-order valence-electron chi connectivity index (χ0n) is 11.3. The van der Waals surface area contributed by atoms with Gasteiger partial charge in [-0.25, -0.2) is 0 Å². The molecule has 1 aromatic carbocycles. The number of hydrogen-bond acceptors (Lipinski definition) is 2. The Morgan fingerprint density at radius 2 is 2.16 bits per heavy atom. The van der Waals surface area contributed by atoms with Crippen LogP contribution in [0, 0.1) is 9.49 Å². The smallest absolute Gasteiger partial charge is 0.0469 e. The molecular formula is C15H21BrINO. The van der Waals surface area contributed by atoms with E-state index in [1.165, 1.54) is 20.0 Å². The van der Waals surface area contributed by atoms with Crippen molar-refractivity contribution in [3.63, 3.8) is 0 Å². The summed E-state index contributed by atoms with van der Waals surface area (Å²) in [5.41, 5.74) is 1.43. The van der Waals surface area contributed by atoms with E-state index in [1.807, 2.05) is 0 Å². The summed E-state index contributed by atoms with van der Waals surface area (Å²) in [6.07, 6.45) is 3.48. The van der Waals surface area contributed by atoms with Gasteiger partial charge in [-0.3, -0.25) is 0 Å². The minimum absolute atomic E-state index is 0.452. The number of hydrogen-bond donors (Lipinski definition) is 1. The summed E-state index contributed by atoms with van der Waals surface area (Å²) < 4.78 is 8.02. The van der Waals surface area contributed by atoms with Crippen molar-refractivity contribution < 1.29 is 4.74 Å². The summed E-state index contributed by atoms with van der Waals surface area (Å²) in [6, 6.07) is 7.03. The molecule has 1 aromatic rings. The SMILES string of the molecule is CCCNC(c1cc(Br)ccc1I)C1CCOCC1. The monoisotopic (exact) mass is 437 g/mol. The first-order chi connectivity index (χ1) is 9.22. The van der Waals surface area contributed by atoms with Crippen molar-refractivity contribution in [1.82, 2.24) is 5.32 Å². The van der Waals surface area contributed by atoms with Gasteiger partial charge in [0.2, 0.25) is 0 Å². The standard InChI is InChI=1S/C15H21BrINO/c1-2-7-18-15(11-5-8-19-9-6-11)13-10-12(16)3-4-14(13)17/h3-4,10-11,15,18H,2,5-9H2,1H3. The average molecular weight is 438 g/mol. The fourth-order valence-electron chi connectivity index (χ4n) is 2.63. The average Bonchev–Trinajstić information content (AvgIpc) is 2.44. The van der Waals surface area contributed by atoms with Crippen LogP contribution in [0.15, 0.2) is 22.7 Å². The largest absolute Gasteiger partial charge is 0.381 e. The zero-order chi connectivity index (χ0) is 13.7. The van der Waals surface area contributed by atoms with E-state index in [0.717, 1.165) is 32.6 Å². The van der Waals surface area contributed by atoms with Gasteiger partial charge in [-0.15, -0.1) is 0 Å². The van der Waals surface area contributed by atoms with Gasteiger partial charge in [-0.05, 0) is 78.1 Å². The normalized spacial score (nSPS) is 18.5. The van der Waals surface area contributed by atoms with Crippen LogP contribution >= 0.6 is 38.5 Å². The second-order valence-electron chi connectivity index (χ2n) is 5.05. The predicted molar refractivity (Wildman–Crippen MR) is 91.4 cm³/mol. The second kappa shape index (κ2) is 7.96. The van der Waals surface area contributed by atoms with E-state index in [1.54, 1.807) is 0 Å². The van der Waals surface area contributed by atoms with E-state index >= 15 is 0 Å². The van der Waals surface area contributed by atoms with Gasteiger partial charge in [0.1, 0.15) is 0 Å². The molecule has 19 heavy (non-hydrogen) atoms. The molecule has 0 bridgehead atoms. The van der Waals surface area contributed by atoms with Crippen LogP contribution in [-0.2, 0) is 4.74 Å². The van der Waals surface area contributed by atoms with Crippen molar-refractivity contribution in [3.8, 4) is 0 Å². The highest BCUT2D eigenvalue weighted by molar-refractivity contribution is 14.1. The van der Waals surface area contributed by atoms with E-state index in [4.69, 9.17) is 4.74 Å². The van der Waals surface area contributed by atoms with E-state index < -0.39 is 0 Å². The molecule has 106 valence electrons.